The van der Waals surface area contributed by atoms with Crippen LogP contribution in [0.5, 0.6) is 0 Å². The minimum atomic E-state index is -0.519. The quantitative estimate of drug-likeness (QED) is 0.166. The van der Waals surface area contributed by atoms with Gasteiger partial charge in [-0.2, -0.15) is 0 Å². The number of carbonyl (C=O) groups is 1. The Morgan fingerprint density at radius 2 is 1.41 bits per heavy atom. The predicted octanol–water partition coefficient (Wildman–Crippen LogP) is 4.04. The standard InChI is InChI=1S/C32H44ClN5O7S/c1-22-23(2)46-32-29(22)30(25-5-7-26(33)8-6-25)35-27(31-37-36-24(3)38(31)32)21-28(39)34-9-10-41-13-14-43-17-18-45-20-19-44-16-15-42-12-11-40-4/h5-8,27H,9-21H2,1-4H3,(H,34,39)/t27-/m0/s1. The molecule has 0 bridgehead atoms. The molecule has 0 radical (unpaired) electrons. The van der Waals surface area contributed by atoms with Gasteiger partial charge < -0.3 is 33.7 Å². The summed E-state index contributed by atoms with van der Waals surface area (Å²) in [5.41, 5.74) is 3.93. The van der Waals surface area contributed by atoms with Crippen LogP contribution >= 0.6 is 22.9 Å². The molecule has 1 aromatic carbocycles. The van der Waals surface area contributed by atoms with Crippen molar-refractivity contribution in [2.45, 2.75) is 33.2 Å². The number of aryl methyl sites for hydroxylation is 2. The Hall–Kier alpha value is -2.75. The van der Waals surface area contributed by atoms with E-state index in [0.29, 0.717) is 90.1 Å². The van der Waals surface area contributed by atoms with Crippen LogP contribution < -0.4 is 5.32 Å². The molecule has 1 aliphatic heterocycles. The van der Waals surface area contributed by atoms with E-state index < -0.39 is 6.04 Å². The summed E-state index contributed by atoms with van der Waals surface area (Å²) in [6.07, 6.45) is 0.124. The summed E-state index contributed by atoms with van der Waals surface area (Å²) in [6, 6.07) is 7.11. The molecule has 1 amide bonds. The number of ether oxygens (including phenoxy) is 6. The number of hydrogen-bond acceptors (Lipinski definition) is 11. The van der Waals surface area contributed by atoms with E-state index in [4.69, 9.17) is 45.0 Å². The van der Waals surface area contributed by atoms with E-state index in [2.05, 4.69) is 29.4 Å². The van der Waals surface area contributed by atoms with Gasteiger partial charge in [0, 0.05) is 34.7 Å². The molecule has 46 heavy (non-hydrogen) atoms. The maximum Gasteiger partial charge on any atom is 0.222 e. The van der Waals surface area contributed by atoms with Gasteiger partial charge in [-0.3, -0.25) is 14.4 Å². The molecule has 3 heterocycles. The van der Waals surface area contributed by atoms with Crippen molar-refractivity contribution in [2.75, 3.05) is 86.3 Å². The van der Waals surface area contributed by atoms with Gasteiger partial charge in [-0.25, -0.2) is 0 Å². The summed E-state index contributed by atoms with van der Waals surface area (Å²) in [7, 11) is 1.64. The third-order valence-corrected chi connectivity index (χ3v) is 8.67. The van der Waals surface area contributed by atoms with Gasteiger partial charge in [0.25, 0.3) is 0 Å². The molecule has 0 saturated heterocycles. The van der Waals surface area contributed by atoms with Crippen molar-refractivity contribution in [3.8, 4) is 5.00 Å². The summed E-state index contributed by atoms with van der Waals surface area (Å²) in [4.78, 5) is 19.4. The van der Waals surface area contributed by atoms with Crippen molar-refractivity contribution in [1.82, 2.24) is 20.1 Å². The zero-order chi connectivity index (χ0) is 32.7. The van der Waals surface area contributed by atoms with E-state index in [-0.39, 0.29) is 12.3 Å². The molecule has 1 atom stereocenters. The van der Waals surface area contributed by atoms with Crippen LogP contribution in [-0.4, -0.2) is 113 Å². The minimum absolute atomic E-state index is 0.124. The molecule has 0 saturated carbocycles. The third kappa shape index (κ3) is 10.4. The molecule has 3 aromatic rings. The third-order valence-electron chi connectivity index (χ3n) is 7.22. The van der Waals surface area contributed by atoms with Crippen molar-refractivity contribution < 1.29 is 33.2 Å². The molecule has 2 aromatic heterocycles. The van der Waals surface area contributed by atoms with Gasteiger partial charge in [0.05, 0.1) is 84.8 Å². The smallest absolute Gasteiger partial charge is 0.222 e. The maximum atomic E-state index is 13.1. The number of aromatic nitrogens is 3. The van der Waals surface area contributed by atoms with Crippen LogP contribution in [0, 0.1) is 20.8 Å². The number of fused-ring (bicyclic) bond motifs is 3. The van der Waals surface area contributed by atoms with Crippen LogP contribution in [0.2, 0.25) is 5.02 Å². The van der Waals surface area contributed by atoms with Gasteiger partial charge in [0.15, 0.2) is 5.82 Å². The second kappa shape index (κ2) is 19.2. The summed E-state index contributed by atoms with van der Waals surface area (Å²) >= 11 is 7.87. The van der Waals surface area contributed by atoms with E-state index in [9.17, 15) is 4.79 Å². The average Bonchev–Trinajstić information content (AvgIpc) is 3.52. The number of thiophene rings is 1. The first-order chi connectivity index (χ1) is 22.4. The van der Waals surface area contributed by atoms with E-state index in [1.54, 1.807) is 18.4 Å². The van der Waals surface area contributed by atoms with Crippen LogP contribution in [-0.2, 0) is 33.2 Å². The normalized spacial score (nSPS) is 14.1. The van der Waals surface area contributed by atoms with Crippen LogP contribution in [0.15, 0.2) is 29.3 Å². The fourth-order valence-electron chi connectivity index (χ4n) is 4.77. The number of carbonyl (C=O) groups excluding carboxylic acids is 1. The number of halogens is 1. The molecule has 4 rings (SSSR count). The lowest BCUT2D eigenvalue weighted by Crippen LogP contribution is -2.29. The molecule has 14 heteroatoms. The first-order valence-electron chi connectivity index (χ1n) is 15.4. The monoisotopic (exact) mass is 677 g/mol. The number of aliphatic imine (C=N–C) groups is 1. The maximum absolute atomic E-state index is 13.1. The predicted molar refractivity (Wildman–Crippen MR) is 177 cm³/mol. The summed E-state index contributed by atoms with van der Waals surface area (Å²) < 4.78 is 34.3. The molecular weight excluding hydrogens is 634 g/mol. The largest absolute Gasteiger partial charge is 0.382 e. The van der Waals surface area contributed by atoms with Crippen LogP contribution in [0.4, 0.5) is 0 Å². The van der Waals surface area contributed by atoms with Crippen molar-refractivity contribution in [1.29, 1.82) is 0 Å². The second-order valence-corrected chi connectivity index (χ2v) is 12.2. The fourth-order valence-corrected chi connectivity index (χ4v) is 6.11. The first kappa shape index (κ1) is 36.1. The Labute approximate surface area is 279 Å². The van der Waals surface area contributed by atoms with E-state index in [0.717, 1.165) is 33.2 Å². The van der Waals surface area contributed by atoms with Crippen molar-refractivity contribution >= 4 is 34.6 Å². The highest BCUT2D eigenvalue weighted by Gasteiger charge is 2.32. The molecule has 0 unspecified atom stereocenters. The van der Waals surface area contributed by atoms with Crippen LogP contribution in [0.1, 0.15) is 45.7 Å². The average molecular weight is 678 g/mol. The van der Waals surface area contributed by atoms with Gasteiger partial charge in [0.1, 0.15) is 16.9 Å². The molecular formula is C32H44ClN5O7S. The Balaban J connectivity index is 1.17. The lowest BCUT2D eigenvalue weighted by Gasteiger charge is -2.13. The van der Waals surface area contributed by atoms with Crippen molar-refractivity contribution in [3.63, 3.8) is 0 Å². The topological polar surface area (TPSA) is 128 Å². The lowest BCUT2D eigenvalue weighted by molar-refractivity contribution is -0.121. The highest BCUT2D eigenvalue weighted by molar-refractivity contribution is 7.15. The number of hydrogen-bond donors (Lipinski definition) is 1. The highest BCUT2D eigenvalue weighted by atomic mass is 35.5. The number of benzene rings is 1. The van der Waals surface area contributed by atoms with Gasteiger partial charge in [-0.1, -0.05) is 23.7 Å². The second-order valence-electron chi connectivity index (χ2n) is 10.5. The zero-order valence-electron chi connectivity index (χ0n) is 27.0. The number of nitrogens with zero attached hydrogens (tertiary/aromatic N) is 4. The summed E-state index contributed by atoms with van der Waals surface area (Å²) in [6.45, 7) is 11.9. The molecule has 0 aliphatic carbocycles. The van der Waals surface area contributed by atoms with E-state index in [1.165, 1.54) is 4.88 Å². The number of methoxy groups -OCH3 is 1. The van der Waals surface area contributed by atoms with Gasteiger partial charge in [0.2, 0.25) is 5.91 Å². The fraction of sp³-hybridized carbons (Fsp3) is 0.562. The Morgan fingerprint density at radius 1 is 0.848 bits per heavy atom. The highest BCUT2D eigenvalue weighted by Crippen LogP contribution is 2.39. The summed E-state index contributed by atoms with van der Waals surface area (Å²) in [5, 5.41) is 13.4. The van der Waals surface area contributed by atoms with E-state index in [1.807, 2.05) is 35.8 Å². The molecule has 0 fully saturated rings. The van der Waals surface area contributed by atoms with Crippen molar-refractivity contribution in [2.24, 2.45) is 4.99 Å². The zero-order valence-corrected chi connectivity index (χ0v) is 28.6. The molecule has 12 nitrogen and oxygen atoms in total. The van der Waals surface area contributed by atoms with Gasteiger partial charge in [-0.15, -0.1) is 21.5 Å². The Bertz CT molecular complexity index is 1410. The van der Waals surface area contributed by atoms with E-state index >= 15 is 0 Å². The minimum Gasteiger partial charge on any atom is -0.382 e. The Kier molecular flexibility index (Phi) is 15.0. The van der Waals surface area contributed by atoms with Crippen LogP contribution in [0.25, 0.3) is 5.00 Å². The number of amides is 1. The molecule has 0 spiro atoms. The van der Waals surface area contributed by atoms with Gasteiger partial charge in [-0.05, 0) is 38.5 Å². The van der Waals surface area contributed by atoms with Crippen LogP contribution in [0.3, 0.4) is 0 Å². The summed E-state index contributed by atoms with van der Waals surface area (Å²) in [5.74, 6) is 1.25. The molecule has 1 aliphatic rings. The van der Waals surface area contributed by atoms with Gasteiger partial charge >= 0.3 is 0 Å². The molecule has 1 N–H and O–H groups in total. The lowest BCUT2D eigenvalue weighted by atomic mass is 9.99. The SMILES string of the molecule is COCCOCCOCCOCCOCCOCCNC(=O)C[C@@H]1N=C(c2ccc(Cl)cc2)c2c(sc(C)c2C)-n2c(C)nnc21. The Morgan fingerprint density at radius 3 is 2.00 bits per heavy atom. The first-order valence-corrected chi connectivity index (χ1v) is 16.6. The number of nitrogens with one attached hydrogen (secondary N) is 1. The molecule has 252 valence electrons. The number of rotatable bonds is 21. The van der Waals surface area contributed by atoms with Crippen molar-refractivity contribution in [3.05, 3.63) is 62.5 Å².